The quantitative estimate of drug-likeness (QED) is 0.806. The minimum atomic E-state index is -0.640. The molecule has 0 aromatic carbocycles. The number of nitrogens with zero attached hydrogens (tertiary/aromatic N) is 1. The monoisotopic (exact) mass is 242 g/mol. The van der Waals surface area contributed by atoms with E-state index in [1.165, 1.54) is 0 Å². The molecule has 0 aliphatic carbocycles. The second-order valence-electron chi connectivity index (χ2n) is 5.11. The molecule has 92 valence electrons. The first-order valence-corrected chi connectivity index (χ1v) is 6.69. The third kappa shape index (κ3) is 4.60. The Balaban J connectivity index is 2.39. The van der Waals surface area contributed by atoms with Gasteiger partial charge in [-0.3, -0.25) is 0 Å². The lowest BCUT2D eigenvalue weighted by molar-refractivity contribution is 0.0362. The molecule has 0 bridgehead atoms. The maximum Gasteiger partial charge on any atom is 0.0795 e. The molecule has 2 atom stereocenters. The van der Waals surface area contributed by atoms with Gasteiger partial charge < -0.3 is 10.4 Å². The van der Waals surface area contributed by atoms with E-state index < -0.39 is 5.60 Å². The summed E-state index contributed by atoms with van der Waals surface area (Å²) in [6.07, 6.45) is 0.809. The van der Waals surface area contributed by atoms with E-state index in [4.69, 9.17) is 0 Å². The zero-order chi connectivity index (χ0) is 12.2. The first-order valence-electron chi connectivity index (χ1n) is 5.74. The van der Waals surface area contributed by atoms with Gasteiger partial charge >= 0.3 is 0 Å². The molecule has 2 N–H and O–H groups in total. The SMILES string of the molecule is CC(C)CC(C)(O)CNC(C)c1cscn1. The molecular weight excluding hydrogens is 220 g/mol. The van der Waals surface area contributed by atoms with E-state index in [9.17, 15) is 5.11 Å². The van der Waals surface area contributed by atoms with Crippen LogP contribution in [0.4, 0.5) is 0 Å². The molecule has 0 spiro atoms. The highest BCUT2D eigenvalue weighted by Gasteiger charge is 2.22. The predicted molar refractivity (Wildman–Crippen MR) is 68.6 cm³/mol. The fourth-order valence-corrected chi connectivity index (χ4v) is 2.51. The zero-order valence-corrected chi connectivity index (χ0v) is 11.3. The van der Waals surface area contributed by atoms with Crippen LogP contribution in [0.2, 0.25) is 0 Å². The normalized spacial score (nSPS) is 17.4. The van der Waals surface area contributed by atoms with Crippen molar-refractivity contribution in [2.24, 2.45) is 5.92 Å². The number of aliphatic hydroxyl groups is 1. The van der Waals surface area contributed by atoms with E-state index in [2.05, 4.69) is 31.1 Å². The van der Waals surface area contributed by atoms with Crippen molar-refractivity contribution >= 4 is 11.3 Å². The summed E-state index contributed by atoms with van der Waals surface area (Å²) in [5.74, 6) is 0.506. The summed E-state index contributed by atoms with van der Waals surface area (Å²) in [7, 11) is 0. The fourth-order valence-electron chi connectivity index (χ4n) is 1.86. The van der Waals surface area contributed by atoms with E-state index in [1.807, 2.05) is 17.8 Å². The molecule has 3 nitrogen and oxygen atoms in total. The van der Waals surface area contributed by atoms with Crippen LogP contribution in [-0.4, -0.2) is 22.2 Å². The molecule has 0 aliphatic rings. The molecule has 1 aromatic heterocycles. The van der Waals surface area contributed by atoms with Crippen LogP contribution >= 0.6 is 11.3 Å². The van der Waals surface area contributed by atoms with Gasteiger partial charge in [-0.15, -0.1) is 11.3 Å². The minimum Gasteiger partial charge on any atom is -0.389 e. The second kappa shape index (κ2) is 5.75. The lowest BCUT2D eigenvalue weighted by atomic mass is 9.94. The predicted octanol–water partition coefficient (Wildman–Crippen LogP) is 2.59. The van der Waals surface area contributed by atoms with Crippen molar-refractivity contribution in [1.29, 1.82) is 0 Å². The van der Waals surface area contributed by atoms with Gasteiger partial charge in [0.25, 0.3) is 0 Å². The Morgan fingerprint density at radius 2 is 2.19 bits per heavy atom. The summed E-state index contributed by atoms with van der Waals surface area (Å²) in [6, 6.07) is 0.199. The smallest absolute Gasteiger partial charge is 0.0795 e. The van der Waals surface area contributed by atoms with Crippen LogP contribution in [0.3, 0.4) is 0 Å². The summed E-state index contributed by atoms with van der Waals surface area (Å²) >= 11 is 1.60. The van der Waals surface area contributed by atoms with Crippen LogP contribution in [0.15, 0.2) is 10.9 Å². The van der Waals surface area contributed by atoms with E-state index >= 15 is 0 Å². The Morgan fingerprint density at radius 1 is 1.50 bits per heavy atom. The first-order chi connectivity index (χ1) is 7.41. The Kier molecular flexibility index (Phi) is 4.89. The number of hydrogen-bond donors (Lipinski definition) is 2. The van der Waals surface area contributed by atoms with Crippen LogP contribution in [0.25, 0.3) is 0 Å². The highest BCUT2D eigenvalue weighted by atomic mass is 32.1. The van der Waals surface area contributed by atoms with Crippen LogP contribution in [0.5, 0.6) is 0 Å². The van der Waals surface area contributed by atoms with Gasteiger partial charge in [0.1, 0.15) is 0 Å². The third-order valence-electron chi connectivity index (χ3n) is 2.53. The lowest BCUT2D eigenvalue weighted by Gasteiger charge is -2.27. The Hall–Kier alpha value is -0.450. The number of aromatic nitrogens is 1. The van der Waals surface area contributed by atoms with Gasteiger partial charge in [-0.1, -0.05) is 13.8 Å². The maximum atomic E-state index is 10.2. The third-order valence-corrected chi connectivity index (χ3v) is 3.14. The van der Waals surface area contributed by atoms with Crippen molar-refractivity contribution in [2.75, 3.05) is 6.54 Å². The standard InChI is InChI=1S/C12H22N2OS/c1-9(2)5-12(4,15)7-13-10(3)11-6-16-8-14-11/h6,8-10,13,15H,5,7H2,1-4H3. The Morgan fingerprint density at radius 3 is 2.69 bits per heavy atom. The van der Waals surface area contributed by atoms with Gasteiger partial charge in [-0.05, 0) is 26.2 Å². The lowest BCUT2D eigenvalue weighted by Crippen LogP contribution is -2.39. The van der Waals surface area contributed by atoms with Crippen LogP contribution in [0, 0.1) is 5.92 Å². The molecule has 16 heavy (non-hydrogen) atoms. The van der Waals surface area contributed by atoms with Crippen molar-refractivity contribution in [3.63, 3.8) is 0 Å². The fraction of sp³-hybridized carbons (Fsp3) is 0.750. The van der Waals surface area contributed by atoms with Gasteiger partial charge in [-0.25, -0.2) is 4.98 Å². The summed E-state index contributed by atoms with van der Waals surface area (Å²) in [5, 5.41) is 15.5. The molecule has 0 radical (unpaired) electrons. The highest BCUT2D eigenvalue weighted by Crippen LogP contribution is 2.17. The molecule has 0 amide bonds. The maximum absolute atomic E-state index is 10.2. The van der Waals surface area contributed by atoms with Crippen molar-refractivity contribution in [3.8, 4) is 0 Å². The Labute approximate surface area is 102 Å². The molecule has 2 unspecified atom stereocenters. The summed E-state index contributed by atoms with van der Waals surface area (Å²) < 4.78 is 0. The van der Waals surface area contributed by atoms with Crippen LogP contribution in [0.1, 0.15) is 45.9 Å². The summed E-state index contributed by atoms with van der Waals surface area (Å²) in [4.78, 5) is 4.25. The molecule has 0 saturated carbocycles. The molecule has 0 saturated heterocycles. The van der Waals surface area contributed by atoms with Gasteiger partial charge in [0.05, 0.1) is 16.8 Å². The molecule has 0 aliphatic heterocycles. The average molecular weight is 242 g/mol. The molecule has 1 rings (SSSR count). The van der Waals surface area contributed by atoms with Crippen molar-refractivity contribution in [2.45, 2.75) is 45.8 Å². The molecule has 0 fully saturated rings. The molecular formula is C12H22N2OS. The summed E-state index contributed by atoms with van der Waals surface area (Å²) in [5.41, 5.74) is 2.24. The molecule has 1 aromatic rings. The average Bonchev–Trinajstić information content (AvgIpc) is 2.64. The number of hydrogen-bond acceptors (Lipinski definition) is 4. The molecule has 4 heteroatoms. The van der Waals surface area contributed by atoms with Gasteiger partial charge in [0.2, 0.25) is 0 Å². The van der Waals surface area contributed by atoms with Crippen molar-refractivity contribution in [3.05, 3.63) is 16.6 Å². The largest absolute Gasteiger partial charge is 0.389 e. The Bertz CT molecular complexity index is 296. The second-order valence-corrected chi connectivity index (χ2v) is 5.83. The van der Waals surface area contributed by atoms with Gasteiger partial charge in [-0.2, -0.15) is 0 Å². The number of nitrogens with one attached hydrogen (secondary N) is 1. The summed E-state index contributed by atoms with van der Waals surface area (Å²) in [6.45, 7) is 8.80. The van der Waals surface area contributed by atoms with Crippen LogP contribution < -0.4 is 5.32 Å². The van der Waals surface area contributed by atoms with Gasteiger partial charge in [0.15, 0.2) is 0 Å². The van der Waals surface area contributed by atoms with E-state index in [-0.39, 0.29) is 6.04 Å². The highest BCUT2D eigenvalue weighted by molar-refractivity contribution is 7.07. The van der Waals surface area contributed by atoms with Crippen LogP contribution in [-0.2, 0) is 0 Å². The topological polar surface area (TPSA) is 45.1 Å². The zero-order valence-electron chi connectivity index (χ0n) is 10.5. The minimum absolute atomic E-state index is 0.199. The first kappa shape index (κ1) is 13.6. The van der Waals surface area contributed by atoms with E-state index in [0.717, 1.165) is 12.1 Å². The van der Waals surface area contributed by atoms with Crippen molar-refractivity contribution < 1.29 is 5.11 Å². The number of thiazole rings is 1. The molecule has 1 heterocycles. The van der Waals surface area contributed by atoms with Gasteiger partial charge in [0, 0.05) is 18.0 Å². The van der Waals surface area contributed by atoms with Crippen molar-refractivity contribution in [1.82, 2.24) is 10.3 Å². The number of rotatable bonds is 6. The van der Waals surface area contributed by atoms with E-state index in [1.54, 1.807) is 11.3 Å². The van der Waals surface area contributed by atoms with E-state index in [0.29, 0.717) is 12.5 Å².